The predicted molar refractivity (Wildman–Crippen MR) is 84.8 cm³/mol. The lowest BCUT2D eigenvalue weighted by atomic mass is 10.2. The van der Waals surface area contributed by atoms with Crippen molar-refractivity contribution in [1.82, 2.24) is 14.9 Å². The molecule has 0 saturated heterocycles. The quantitative estimate of drug-likeness (QED) is 0.712. The van der Waals surface area contributed by atoms with E-state index in [-0.39, 0.29) is 10.5 Å². The van der Waals surface area contributed by atoms with Gasteiger partial charge in [0.1, 0.15) is 0 Å². The molecule has 0 bridgehead atoms. The van der Waals surface area contributed by atoms with Crippen LogP contribution in [0.15, 0.2) is 29.2 Å². The van der Waals surface area contributed by atoms with Crippen LogP contribution in [-0.2, 0) is 19.6 Å². The fourth-order valence-electron chi connectivity index (χ4n) is 1.55. The zero-order valence-corrected chi connectivity index (χ0v) is 14.5. The number of nitrogens with zero attached hydrogens (tertiary/aromatic N) is 1. The van der Waals surface area contributed by atoms with Crippen molar-refractivity contribution in [3.05, 3.63) is 29.8 Å². The molecule has 9 nitrogen and oxygen atoms in total. The lowest BCUT2D eigenvalue weighted by molar-refractivity contribution is -0.127. The number of benzene rings is 1. The van der Waals surface area contributed by atoms with Crippen molar-refractivity contribution in [3.63, 3.8) is 0 Å². The average Bonchev–Trinajstić information content (AvgIpc) is 2.54. The number of carbonyl (C=O) groups excluding carboxylic acids is 3. The van der Waals surface area contributed by atoms with Gasteiger partial charge in [-0.25, -0.2) is 22.3 Å². The van der Waals surface area contributed by atoms with Crippen LogP contribution in [0.25, 0.3) is 0 Å². The number of hydrogen-bond acceptors (Lipinski definition) is 6. The van der Waals surface area contributed by atoms with Crippen molar-refractivity contribution < 1.29 is 27.5 Å². The van der Waals surface area contributed by atoms with Gasteiger partial charge < -0.3 is 10.1 Å². The van der Waals surface area contributed by atoms with Crippen LogP contribution < -0.4 is 10.6 Å². The highest BCUT2D eigenvalue weighted by atomic mass is 32.2. The number of rotatable bonds is 5. The van der Waals surface area contributed by atoms with Crippen LogP contribution in [0.1, 0.15) is 17.3 Å². The third-order valence-corrected chi connectivity index (χ3v) is 4.78. The molecule has 1 rings (SSSR count). The first-order valence-corrected chi connectivity index (χ1v) is 8.29. The third-order valence-electron chi connectivity index (χ3n) is 2.97. The lowest BCUT2D eigenvalue weighted by Gasteiger charge is -2.14. The number of esters is 1. The predicted octanol–water partition coefficient (Wildman–Crippen LogP) is -0.0622. The molecule has 0 fully saturated rings. The number of nitrogens with one attached hydrogen (secondary N) is 2. The Hall–Kier alpha value is -2.46. The zero-order chi connectivity index (χ0) is 18.5. The van der Waals surface area contributed by atoms with Crippen LogP contribution in [-0.4, -0.2) is 57.9 Å². The van der Waals surface area contributed by atoms with E-state index in [0.717, 1.165) is 10.4 Å². The molecular formula is C14H19N3O6S. The molecule has 3 amide bonds. The van der Waals surface area contributed by atoms with Gasteiger partial charge in [0.2, 0.25) is 10.0 Å². The molecule has 0 aliphatic carbocycles. The number of hydrogen-bond donors (Lipinski definition) is 2. The summed E-state index contributed by atoms with van der Waals surface area (Å²) in [6.45, 7) is 1.29. The van der Waals surface area contributed by atoms with E-state index in [2.05, 4.69) is 5.32 Å². The van der Waals surface area contributed by atoms with Crippen molar-refractivity contribution in [3.8, 4) is 0 Å². The molecule has 132 valence electrons. The number of urea groups is 1. The molecule has 10 heteroatoms. The van der Waals surface area contributed by atoms with Gasteiger partial charge in [0, 0.05) is 21.1 Å². The van der Waals surface area contributed by atoms with Crippen LogP contribution in [0.3, 0.4) is 0 Å². The van der Waals surface area contributed by atoms with Crippen molar-refractivity contribution in [2.75, 3.05) is 21.1 Å². The maximum absolute atomic E-state index is 12.1. The van der Waals surface area contributed by atoms with Crippen LogP contribution in [0.4, 0.5) is 4.79 Å². The number of imide groups is 1. The molecule has 0 spiro atoms. The lowest BCUT2D eigenvalue weighted by Crippen LogP contribution is -2.43. The molecular weight excluding hydrogens is 338 g/mol. The van der Waals surface area contributed by atoms with Crippen molar-refractivity contribution >= 4 is 27.9 Å². The maximum atomic E-state index is 12.1. The second-order valence-corrected chi connectivity index (χ2v) is 7.08. The summed E-state index contributed by atoms with van der Waals surface area (Å²) in [5.41, 5.74) is -0.0301. The van der Waals surface area contributed by atoms with Crippen molar-refractivity contribution in [2.45, 2.75) is 17.9 Å². The Balaban J connectivity index is 2.90. The summed E-state index contributed by atoms with van der Waals surface area (Å²) in [5.74, 6) is -1.69. The molecule has 24 heavy (non-hydrogen) atoms. The number of carbonyl (C=O) groups is 3. The van der Waals surface area contributed by atoms with Crippen LogP contribution >= 0.6 is 0 Å². The van der Waals surface area contributed by atoms with Crippen LogP contribution in [0.2, 0.25) is 0 Å². The second kappa shape index (κ2) is 7.88. The van der Waals surface area contributed by atoms with Crippen molar-refractivity contribution in [2.24, 2.45) is 0 Å². The number of sulfonamides is 1. The van der Waals surface area contributed by atoms with E-state index in [4.69, 9.17) is 4.74 Å². The van der Waals surface area contributed by atoms with Gasteiger partial charge in [0.05, 0.1) is 10.5 Å². The molecule has 0 aliphatic heterocycles. The Morgan fingerprint density at radius 3 is 2.38 bits per heavy atom. The molecule has 0 radical (unpaired) electrons. The summed E-state index contributed by atoms with van der Waals surface area (Å²) >= 11 is 0. The second-order valence-electron chi connectivity index (χ2n) is 4.93. The molecule has 0 aromatic heterocycles. The first-order chi connectivity index (χ1) is 11.1. The Morgan fingerprint density at radius 1 is 1.21 bits per heavy atom. The Morgan fingerprint density at radius 2 is 1.83 bits per heavy atom. The maximum Gasteiger partial charge on any atom is 0.338 e. The Kier molecular flexibility index (Phi) is 6.43. The van der Waals surface area contributed by atoms with E-state index in [1.807, 2.05) is 5.32 Å². The van der Waals surface area contributed by atoms with E-state index in [9.17, 15) is 22.8 Å². The fraction of sp³-hybridized carbons (Fsp3) is 0.357. The SMILES string of the molecule is CNC(=O)NC(=O)C(C)OC(=O)c1cccc(S(=O)(=O)N(C)C)c1. The van der Waals surface area contributed by atoms with Crippen molar-refractivity contribution in [1.29, 1.82) is 0 Å². The number of ether oxygens (including phenoxy) is 1. The summed E-state index contributed by atoms with van der Waals surface area (Å²) in [6, 6.07) is 4.51. The molecule has 1 aromatic carbocycles. The van der Waals surface area contributed by atoms with Crippen LogP contribution in [0, 0.1) is 0 Å². The van der Waals surface area contributed by atoms with Gasteiger partial charge in [-0.15, -0.1) is 0 Å². The Bertz CT molecular complexity index is 745. The first kappa shape index (κ1) is 19.6. The number of amides is 3. The highest BCUT2D eigenvalue weighted by Gasteiger charge is 2.23. The summed E-state index contributed by atoms with van der Waals surface area (Å²) in [4.78, 5) is 34.7. The average molecular weight is 357 g/mol. The smallest absolute Gasteiger partial charge is 0.338 e. The van der Waals surface area contributed by atoms with Gasteiger partial charge in [-0.1, -0.05) is 6.07 Å². The van der Waals surface area contributed by atoms with E-state index in [0.29, 0.717) is 0 Å². The molecule has 0 aliphatic rings. The molecule has 1 aromatic rings. The molecule has 0 heterocycles. The van der Waals surface area contributed by atoms with Gasteiger partial charge in [-0.05, 0) is 25.1 Å². The zero-order valence-electron chi connectivity index (χ0n) is 13.7. The monoisotopic (exact) mass is 357 g/mol. The topological polar surface area (TPSA) is 122 Å². The van der Waals surface area contributed by atoms with Gasteiger partial charge >= 0.3 is 12.0 Å². The summed E-state index contributed by atoms with van der Waals surface area (Å²) in [6.07, 6.45) is -1.23. The van der Waals surface area contributed by atoms with E-state index < -0.39 is 34.0 Å². The molecule has 0 saturated carbocycles. The highest BCUT2D eigenvalue weighted by molar-refractivity contribution is 7.89. The summed E-state index contributed by atoms with van der Waals surface area (Å²) in [7, 11) is 0.359. The Labute approximate surface area is 140 Å². The first-order valence-electron chi connectivity index (χ1n) is 6.85. The summed E-state index contributed by atoms with van der Waals surface area (Å²) in [5, 5.41) is 4.16. The van der Waals surface area contributed by atoms with Gasteiger partial charge in [-0.3, -0.25) is 10.1 Å². The van der Waals surface area contributed by atoms with Crippen LogP contribution in [0.5, 0.6) is 0 Å². The third kappa shape index (κ3) is 4.77. The molecule has 1 unspecified atom stereocenters. The molecule has 1 atom stereocenters. The van der Waals surface area contributed by atoms with Gasteiger partial charge in [0.25, 0.3) is 5.91 Å². The van der Waals surface area contributed by atoms with E-state index in [1.165, 1.54) is 46.3 Å². The fourth-order valence-corrected chi connectivity index (χ4v) is 2.50. The largest absolute Gasteiger partial charge is 0.449 e. The minimum absolute atomic E-state index is 0.0301. The minimum Gasteiger partial charge on any atom is -0.449 e. The minimum atomic E-state index is -3.70. The standard InChI is InChI=1S/C14H19N3O6S/c1-9(12(18)16-14(20)15-2)23-13(19)10-6-5-7-11(8-10)24(21,22)17(3)4/h5-9H,1-4H3,(H2,15,16,18,20). The highest BCUT2D eigenvalue weighted by Crippen LogP contribution is 2.16. The summed E-state index contributed by atoms with van der Waals surface area (Å²) < 4.78 is 30.1. The normalized spacial score (nSPS) is 12.4. The molecule has 2 N–H and O–H groups in total. The van der Waals surface area contributed by atoms with E-state index in [1.54, 1.807) is 0 Å². The van der Waals surface area contributed by atoms with Gasteiger partial charge in [-0.2, -0.15) is 0 Å². The van der Waals surface area contributed by atoms with Gasteiger partial charge in [0.15, 0.2) is 6.10 Å². The van der Waals surface area contributed by atoms with E-state index >= 15 is 0 Å².